The van der Waals surface area contributed by atoms with Gasteiger partial charge >= 0.3 is 0 Å². The Morgan fingerprint density at radius 1 is 1.17 bits per heavy atom. The van der Waals surface area contributed by atoms with E-state index >= 15 is 0 Å². The highest BCUT2D eigenvalue weighted by atomic mass is 35.5. The molecule has 128 valence electrons. The maximum atomic E-state index is 12.6. The molecular formula is C19H23ClN2O2. The standard InChI is InChI=1S/C19H22N2O2.ClH/c1-13(2)15-9-7-14(8-10-15)11-21-17-5-3-4-6-18(17)23-12-16(20)19(21)22;/h3-10,13,16H,11-12,20H2,1-2H3;1H/t16-;/m0./s1. The highest BCUT2D eigenvalue weighted by Crippen LogP contribution is 2.32. The van der Waals surface area contributed by atoms with Crippen LogP contribution in [-0.2, 0) is 11.3 Å². The molecular weight excluding hydrogens is 324 g/mol. The lowest BCUT2D eigenvalue weighted by Gasteiger charge is -2.23. The number of ether oxygens (including phenoxy) is 1. The third-order valence-corrected chi connectivity index (χ3v) is 4.14. The predicted octanol–water partition coefficient (Wildman–Crippen LogP) is 3.48. The molecule has 1 atom stereocenters. The molecule has 0 fully saturated rings. The van der Waals surface area contributed by atoms with Gasteiger partial charge in [0, 0.05) is 0 Å². The first kappa shape index (κ1) is 18.3. The lowest BCUT2D eigenvalue weighted by molar-refractivity contribution is -0.120. The number of para-hydroxylation sites is 2. The van der Waals surface area contributed by atoms with Crippen LogP contribution in [0.2, 0.25) is 0 Å². The lowest BCUT2D eigenvalue weighted by atomic mass is 10.0. The van der Waals surface area contributed by atoms with Crippen LogP contribution in [0.3, 0.4) is 0 Å². The number of benzene rings is 2. The summed E-state index contributed by atoms with van der Waals surface area (Å²) in [7, 11) is 0. The van der Waals surface area contributed by atoms with Crippen molar-refractivity contribution in [2.45, 2.75) is 32.4 Å². The largest absolute Gasteiger partial charge is 0.489 e. The molecule has 1 aliphatic rings. The minimum Gasteiger partial charge on any atom is -0.489 e. The molecule has 0 aromatic heterocycles. The summed E-state index contributed by atoms with van der Waals surface area (Å²) in [6, 6.07) is 15.3. The number of hydrogen-bond acceptors (Lipinski definition) is 3. The summed E-state index contributed by atoms with van der Waals surface area (Å²) in [5, 5.41) is 0. The quantitative estimate of drug-likeness (QED) is 0.925. The minimum absolute atomic E-state index is 0. The maximum Gasteiger partial charge on any atom is 0.247 e. The zero-order valence-corrected chi connectivity index (χ0v) is 14.8. The molecule has 24 heavy (non-hydrogen) atoms. The van der Waals surface area contributed by atoms with Gasteiger partial charge in [-0.2, -0.15) is 0 Å². The minimum atomic E-state index is -0.641. The fraction of sp³-hybridized carbons (Fsp3) is 0.316. The van der Waals surface area contributed by atoms with Crippen LogP contribution in [-0.4, -0.2) is 18.6 Å². The number of anilines is 1. The fourth-order valence-corrected chi connectivity index (χ4v) is 2.73. The van der Waals surface area contributed by atoms with Crippen molar-refractivity contribution in [3.63, 3.8) is 0 Å². The van der Waals surface area contributed by atoms with E-state index in [0.717, 1.165) is 11.3 Å². The first-order chi connectivity index (χ1) is 11.1. The second-order valence-electron chi connectivity index (χ2n) is 6.21. The van der Waals surface area contributed by atoms with Crippen molar-refractivity contribution >= 4 is 24.0 Å². The number of hydrogen-bond donors (Lipinski definition) is 1. The van der Waals surface area contributed by atoms with E-state index in [4.69, 9.17) is 10.5 Å². The van der Waals surface area contributed by atoms with Crippen LogP contribution >= 0.6 is 12.4 Å². The van der Waals surface area contributed by atoms with Gasteiger partial charge in [0.05, 0.1) is 12.2 Å². The van der Waals surface area contributed by atoms with Gasteiger partial charge in [-0.25, -0.2) is 0 Å². The first-order valence-electron chi connectivity index (χ1n) is 7.94. The van der Waals surface area contributed by atoms with Gasteiger partial charge in [-0.15, -0.1) is 12.4 Å². The van der Waals surface area contributed by atoms with Gasteiger partial charge in [0.25, 0.3) is 0 Å². The Morgan fingerprint density at radius 3 is 2.50 bits per heavy atom. The van der Waals surface area contributed by atoms with Gasteiger partial charge in [-0.3, -0.25) is 4.79 Å². The molecule has 0 bridgehead atoms. The lowest BCUT2D eigenvalue weighted by Crippen LogP contribution is -2.44. The van der Waals surface area contributed by atoms with Gasteiger partial charge in [0.15, 0.2) is 0 Å². The molecule has 0 aliphatic carbocycles. The Kier molecular flexibility index (Phi) is 5.86. The molecule has 0 saturated carbocycles. The summed E-state index contributed by atoms with van der Waals surface area (Å²) in [4.78, 5) is 14.3. The molecule has 4 nitrogen and oxygen atoms in total. The normalized spacial score (nSPS) is 16.9. The summed E-state index contributed by atoms with van der Waals surface area (Å²) in [5.74, 6) is 1.09. The number of carbonyl (C=O) groups is 1. The number of nitrogens with zero attached hydrogens (tertiary/aromatic N) is 1. The van der Waals surface area contributed by atoms with Crippen molar-refractivity contribution in [2.75, 3.05) is 11.5 Å². The van der Waals surface area contributed by atoms with Crippen LogP contribution in [0.5, 0.6) is 5.75 Å². The van der Waals surface area contributed by atoms with Crippen LogP contribution in [0.1, 0.15) is 30.9 Å². The highest BCUT2D eigenvalue weighted by Gasteiger charge is 2.28. The molecule has 3 rings (SSSR count). The van der Waals surface area contributed by atoms with Crippen molar-refractivity contribution in [3.8, 4) is 5.75 Å². The van der Waals surface area contributed by atoms with E-state index in [2.05, 4.69) is 38.1 Å². The summed E-state index contributed by atoms with van der Waals surface area (Å²) in [6.07, 6.45) is 0. The SMILES string of the molecule is CC(C)c1ccc(CN2C(=O)[C@@H](N)COc3ccccc32)cc1.Cl. The number of amides is 1. The summed E-state index contributed by atoms with van der Waals surface area (Å²) >= 11 is 0. The van der Waals surface area contributed by atoms with E-state index in [0.29, 0.717) is 18.2 Å². The Morgan fingerprint density at radius 2 is 1.83 bits per heavy atom. The zero-order chi connectivity index (χ0) is 16.4. The van der Waals surface area contributed by atoms with Gasteiger partial charge in [0.1, 0.15) is 18.4 Å². The van der Waals surface area contributed by atoms with Crippen molar-refractivity contribution in [2.24, 2.45) is 5.73 Å². The first-order valence-corrected chi connectivity index (χ1v) is 7.94. The average molecular weight is 347 g/mol. The molecule has 0 spiro atoms. The van der Waals surface area contributed by atoms with Crippen molar-refractivity contribution in [3.05, 3.63) is 59.7 Å². The molecule has 0 saturated heterocycles. The summed E-state index contributed by atoms with van der Waals surface area (Å²) in [6.45, 7) is 5.03. The van der Waals surface area contributed by atoms with Crippen LogP contribution in [0.15, 0.2) is 48.5 Å². The Hall–Kier alpha value is -2.04. The number of fused-ring (bicyclic) bond motifs is 1. The summed E-state index contributed by atoms with van der Waals surface area (Å²) in [5.41, 5.74) is 9.09. The van der Waals surface area contributed by atoms with Crippen LogP contribution < -0.4 is 15.4 Å². The van der Waals surface area contributed by atoms with Crippen molar-refractivity contribution in [1.82, 2.24) is 0 Å². The maximum absolute atomic E-state index is 12.6. The molecule has 1 heterocycles. The number of nitrogens with two attached hydrogens (primary N) is 1. The van der Waals surface area contributed by atoms with E-state index in [1.54, 1.807) is 4.90 Å². The van der Waals surface area contributed by atoms with Crippen LogP contribution in [0, 0.1) is 0 Å². The molecule has 2 aromatic rings. The Bertz CT molecular complexity index is 701. The predicted molar refractivity (Wildman–Crippen MR) is 98.9 cm³/mol. The van der Waals surface area contributed by atoms with Crippen molar-refractivity contribution < 1.29 is 9.53 Å². The highest BCUT2D eigenvalue weighted by molar-refractivity contribution is 5.99. The number of halogens is 1. The van der Waals surface area contributed by atoms with Crippen LogP contribution in [0.25, 0.3) is 0 Å². The van der Waals surface area contributed by atoms with E-state index in [-0.39, 0.29) is 24.9 Å². The Balaban J connectivity index is 0.00000208. The molecule has 0 unspecified atom stereocenters. The second kappa shape index (κ2) is 7.69. The smallest absolute Gasteiger partial charge is 0.247 e. The molecule has 1 amide bonds. The second-order valence-corrected chi connectivity index (χ2v) is 6.21. The van der Waals surface area contributed by atoms with Gasteiger partial charge in [-0.05, 0) is 29.2 Å². The molecule has 2 N–H and O–H groups in total. The van der Waals surface area contributed by atoms with Gasteiger partial charge < -0.3 is 15.4 Å². The zero-order valence-electron chi connectivity index (χ0n) is 13.9. The van der Waals surface area contributed by atoms with Gasteiger partial charge in [-0.1, -0.05) is 50.2 Å². The monoisotopic (exact) mass is 346 g/mol. The molecule has 5 heteroatoms. The topological polar surface area (TPSA) is 55.6 Å². The number of rotatable bonds is 3. The van der Waals surface area contributed by atoms with Crippen LogP contribution in [0.4, 0.5) is 5.69 Å². The van der Waals surface area contributed by atoms with Crippen molar-refractivity contribution in [1.29, 1.82) is 0 Å². The van der Waals surface area contributed by atoms with E-state index < -0.39 is 6.04 Å². The van der Waals surface area contributed by atoms with E-state index in [1.165, 1.54) is 5.56 Å². The molecule has 1 aliphatic heterocycles. The third kappa shape index (κ3) is 3.71. The molecule has 2 aromatic carbocycles. The van der Waals surface area contributed by atoms with E-state index in [1.807, 2.05) is 24.3 Å². The van der Waals surface area contributed by atoms with Gasteiger partial charge in [0.2, 0.25) is 5.91 Å². The Labute approximate surface area is 149 Å². The third-order valence-electron chi connectivity index (χ3n) is 4.14. The number of carbonyl (C=O) groups excluding carboxylic acids is 1. The van der Waals surface area contributed by atoms with E-state index in [9.17, 15) is 4.79 Å². The fourth-order valence-electron chi connectivity index (χ4n) is 2.73. The molecule has 0 radical (unpaired) electrons. The average Bonchev–Trinajstić information content (AvgIpc) is 2.68. The summed E-state index contributed by atoms with van der Waals surface area (Å²) < 4.78 is 5.66.